The molecule has 0 fully saturated rings. The molecule has 0 atom stereocenters. The lowest BCUT2D eigenvalue weighted by atomic mass is 10.1. The summed E-state index contributed by atoms with van der Waals surface area (Å²) in [5, 5.41) is 16.2. The number of methoxy groups -OCH3 is 1. The zero-order valence-corrected chi connectivity index (χ0v) is 18.8. The smallest absolute Gasteiger partial charge is 0.226 e. The van der Waals surface area contributed by atoms with Gasteiger partial charge in [-0.25, -0.2) is 9.37 Å². The minimum absolute atomic E-state index is 0.202. The summed E-state index contributed by atoms with van der Waals surface area (Å²) < 4.78 is 25.2. The summed E-state index contributed by atoms with van der Waals surface area (Å²) in [4.78, 5) is 27.6. The molecule has 0 radical (unpaired) electrons. The van der Waals surface area contributed by atoms with Crippen LogP contribution in [0.1, 0.15) is 25.3 Å². The van der Waals surface area contributed by atoms with E-state index < -0.39 is 5.82 Å². The monoisotopic (exact) mass is 468 g/mol. The molecular weight excluding hydrogens is 447 g/mol. The van der Waals surface area contributed by atoms with Crippen molar-refractivity contribution in [3.05, 3.63) is 53.2 Å². The average molecular weight is 469 g/mol. The second-order valence-corrected chi connectivity index (χ2v) is 7.75. The second-order valence-electron chi connectivity index (χ2n) is 6.89. The van der Waals surface area contributed by atoms with Crippen molar-refractivity contribution in [3.8, 4) is 28.8 Å². The third-order valence-electron chi connectivity index (χ3n) is 4.41. The molecule has 2 amide bonds. The standard InChI is InChI=1S/C23H21FN4O4S/c1-14(29)26-16-6-7-17(18(24)11-16)19-13-33-23(27-19)28-22(30)4-3-9-32-20-8-5-15(12-25)10-21(20)31-2/h5-8,10-11,13H,3-4,9H2,1-2H3,(H,26,29)(H,27,28,30). The highest BCUT2D eigenvalue weighted by Crippen LogP contribution is 2.29. The first-order valence-corrected chi connectivity index (χ1v) is 10.8. The molecule has 10 heteroatoms. The van der Waals surface area contributed by atoms with E-state index in [1.165, 1.54) is 37.5 Å². The number of carbonyl (C=O) groups excluding carboxylic acids is 2. The molecule has 0 unspecified atom stereocenters. The van der Waals surface area contributed by atoms with E-state index in [1.54, 1.807) is 29.6 Å². The minimum Gasteiger partial charge on any atom is -0.493 e. The van der Waals surface area contributed by atoms with E-state index in [2.05, 4.69) is 15.6 Å². The maximum absolute atomic E-state index is 14.4. The highest BCUT2D eigenvalue weighted by molar-refractivity contribution is 7.14. The van der Waals surface area contributed by atoms with Crippen LogP contribution in [0.15, 0.2) is 41.8 Å². The van der Waals surface area contributed by atoms with Gasteiger partial charge in [0.15, 0.2) is 16.6 Å². The number of benzene rings is 2. The summed E-state index contributed by atoms with van der Waals surface area (Å²) >= 11 is 1.19. The first-order chi connectivity index (χ1) is 15.9. The van der Waals surface area contributed by atoms with Crippen molar-refractivity contribution in [1.82, 2.24) is 4.98 Å². The number of thiazole rings is 1. The summed E-state index contributed by atoms with van der Waals surface area (Å²) in [5.41, 5.74) is 1.47. The molecule has 1 aromatic heterocycles. The van der Waals surface area contributed by atoms with Gasteiger partial charge in [0.1, 0.15) is 5.82 Å². The summed E-state index contributed by atoms with van der Waals surface area (Å²) in [6.45, 7) is 1.63. The maximum Gasteiger partial charge on any atom is 0.226 e. The van der Waals surface area contributed by atoms with E-state index in [-0.39, 0.29) is 30.4 Å². The van der Waals surface area contributed by atoms with Gasteiger partial charge in [0.25, 0.3) is 0 Å². The molecule has 0 saturated carbocycles. The van der Waals surface area contributed by atoms with E-state index >= 15 is 0 Å². The molecule has 0 saturated heterocycles. The summed E-state index contributed by atoms with van der Waals surface area (Å²) in [5.74, 6) is -0.117. The van der Waals surface area contributed by atoms with Crippen LogP contribution in [0.25, 0.3) is 11.3 Å². The highest BCUT2D eigenvalue weighted by Gasteiger charge is 2.13. The van der Waals surface area contributed by atoms with Gasteiger partial charge in [-0.15, -0.1) is 11.3 Å². The molecule has 0 aliphatic heterocycles. The molecule has 0 bridgehead atoms. The number of hydrogen-bond donors (Lipinski definition) is 2. The Morgan fingerprint density at radius 2 is 2.00 bits per heavy atom. The number of carbonyl (C=O) groups is 2. The predicted octanol–water partition coefficient (Wildman–Crippen LogP) is 4.59. The molecule has 3 aromatic rings. The molecule has 3 rings (SSSR count). The number of anilines is 2. The normalized spacial score (nSPS) is 10.2. The Labute approximate surface area is 194 Å². The summed E-state index contributed by atoms with van der Waals surface area (Å²) in [7, 11) is 1.49. The lowest BCUT2D eigenvalue weighted by molar-refractivity contribution is -0.116. The number of aromatic nitrogens is 1. The van der Waals surface area contributed by atoms with Gasteiger partial charge in [-0.3, -0.25) is 9.59 Å². The highest BCUT2D eigenvalue weighted by atomic mass is 32.1. The number of nitrogens with one attached hydrogen (secondary N) is 2. The van der Waals surface area contributed by atoms with E-state index in [4.69, 9.17) is 14.7 Å². The van der Waals surface area contributed by atoms with Crippen molar-refractivity contribution in [2.45, 2.75) is 19.8 Å². The second kappa shape index (κ2) is 11.1. The van der Waals surface area contributed by atoms with Gasteiger partial charge in [-0.05, 0) is 36.8 Å². The van der Waals surface area contributed by atoms with Crippen molar-refractivity contribution in [1.29, 1.82) is 5.26 Å². The Morgan fingerprint density at radius 3 is 2.70 bits per heavy atom. The van der Waals surface area contributed by atoms with Crippen molar-refractivity contribution >= 4 is 34.0 Å². The number of nitrogens with zero attached hydrogens (tertiary/aromatic N) is 2. The van der Waals surface area contributed by atoms with Crippen molar-refractivity contribution in [3.63, 3.8) is 0 Å². The van der Waals surface area contributed by atoms with Crippen LogP contribution < -0.4 is 20.1 Å². The van der Waals surface area contributed by atoms with Crippen molar-refractivity contribution < 1.29 is 23.5 Å². The molecule has 2 aromatic carbocycles. The molecule has 2 N–H and O–H groups in total. The van der Waals surface area contributed by atoms with E-state index in [9.17, 15) is 14.0 Å². The van der Waals surface area contributed by atoms with Crippen LogP contribution in [-0.4, -0.2) is 30.5 Å². The first-order valence-electron chi connectivity index (χ1n) is 9.93. The summed E-state index contributed by atoms with van der Waals surface area (Å²) in [6.07, 6.45) is 0.653. The van der Waals surface area contributed by atoms with Gasteiger partial charge in [-0.2, -0.15) is 5.26 Å². The van der Waals surface area contributed by atoms with Crippen LogP contribution in [0, 0.1) is 17.1 Å². The fourth-order valence-corrected chi connectivity index (χ4v) is 3.64. The minimum atomic E-state index is -0.528. The summed E-state index contributed by atoms with van der Waals surface area (Å²) in [6, 6.07) is 11.2. The Morgan fingerprint density at radius 1 is 1.18 bits per heavy atom. The first kappa shape index (κ1) is 23.7. The van der Waals surface area contributed by atoms with E-state index in [1.807, 2.05) is 6.07 Å². The molecule has 0 spiro atoms. The number of halogens is 1. The Bertz CT molecular complexity index is 1210. The number of ether oxygens (including phenoxy) is 2. The SMILES string of the molecule is COc1cc(C#N)ccc1OCCCC(=O)Nc1nc(-c2ccc(NC(C)=O)cc2F)cs1. The Kier molecular flexibility index (Phi) is 7.94. The molecule has 0 aliphatic carbocycles. The lowest BCUT2D eigenvalue weighted by Crippen LogP contribution is -2.12. The molecule has 0 aliphatic rings. The van der Waals surface area contributed by atoms with Crippen LogP contribution >= 0.6 is 11.3 Å². The zero-order valence-electron chi connectivity index (χ0n) is 18.0. The van der Waals surface area contributed by atoms with Gasteiger partial charge in [0.05, 0.1) is 31.0 Å². The Hall–Kier alpha value is -3.97. The number of hydrogen-bond acceptors (Lipinski definition) is 7. The molecule has 33 heavy (non-hydrogen) atoms. The van der Waals surface area contributed by atoms with Crippen LogP contribution in [0.4, 0.5) is 15.2 Å². The topological polar surface area (TPSA) is 113 Å². The average Bonchev–Trinajstić information content (AvgIpc) is 3.24. The number of nitriles is 1. The Balaban J connectivity index is 1.50. The van der Waals surface area contributed by atoms with Crippen LogP contribution in [0.2, 0.25) is 0 Å². The fourth-order valence-electron chi connectivity index (χ4n) is 2.91. The van der Waals surface area contributed by atoms with Gasteiger partial charge < -0.3 is 20.1 Å². The number of rotatable bonds is 9. The van der Waals surface area contributed by atoms with Crippen molar-refractivity contribution in [2.24, 2.45) is 0 Å². The maximum atomic E-state index is 14.4. The zero-order chi connectivity index (χ0) is 23.8. The molecule has 170 valence electrons. The third-order valence-corrected chi connectivity index (χ3v) is 5.17. The van der Waals surface area contributed by atoms with Gasteiger partial charge in [-0.1, -0.05) is 0 Å². The van der Waals surface area contributed by atoms with Crippen LogP contribution in [0.3, 0.4) is 0 Å². The molecular formula is C23H21FN4O4S. The van der Waals surface area contributed by atoms with Gasteiger partial charge in [0.2, 0.25) is 11.8 Å². The van der Waals surface area contributed by atoms with E-state index in [0.717, 1.165) is 0 Å². The third kappa shape index (κ3) is 6.51. The lowest BCUT2D eigenvalue weighted by Gasteiger charge is -2.10. The predicted molar refractivity (Wildman–Crippen MR) is 123 cm³/mol. The fraction of sp³-hybridized carbons (Fsp3) is 0.217. The van der Waals surface area contributed by atoms with E-state index in [0.29, 0.717) is 40.0 Å². The van der Waals surface area contributed by atoms with Gasteiger partial charge in [0, 0.05) is 36.0 Å². The van der Waals surface area contributed by atoms with Crippen LogP contribution in [0.5, 0.6) is 11.5 Å². The largest absolute Gasteiger partial charge is 0.493 e. The van der Waals surface area contributed by atoms with Crippen molar-refractivity contribution in [2.75, 3.05) is 24.4 Å². The van der Waals surface area contributed by atoms with Gasteiger partial charge >= 0.3 is 0 Å². The molecule has 8 nitrogen and oxygen atoms in total. The number of amides is 2. The molecule has 1 heterocycles. The quantitative estimate of drug-likeness (QED) is 0.444. The van der Waals surface area contributed by atoms with Crippen LogP contribution in [-0.2, 0) is 9.59 Å².